The van der Waals surface area contributed by atoms with Gasteiger partial charge in [0.15, 0.2) is 0 Å². The minimum atomic E-state index is -0.964. The highest BCUT2D eigenvalue weighted by Gasteiger charge is 2.21. The van der Waals surface area contributed by atoms with Gasteiger partial charge >= 0.3 is 5.97 Å². The van der Waals surface area contributed by atoms with Gasteiger partial charge in [-0.1, -0.05) is 18.2 Å². The molecule has 1 aromatic carbocycles. The molecule has 2 aromatic rings. The summed E-state index contributed by atoms with van der Waals surface area (Å²) in [5, 5.41) is 12.9. The quantitative estimate of drug-likeness (QED) is 0.868. The van der Waals surface area contributed by atoms with Crippen LogP contribution in [-0.4, -0.2) is 35.2 Å². The van der Waals surface area contributed by atoms with E-state index in [9.17, 15) is 14.7 Å². The second kappa shape index (κ2) is 7.55. The molecule has 126 valence electrons. The van der Waals surface area contributed by atoms with E-state index in [2.05, 4.69) is 10.3 Å². The zero-order valence-corrected chi connectivity index (χ0v) is 13.8. The third kappa shape index (κ3) is 3.80. The van der Waals surface area contributed by atoms with Crippen LogP contribution in [0, 0.1) is 5.92 Å². The Kier molecular flexibility index (Phi) is 5.22. The molecule has 0 atom stereocenters. The van der Waals surface area contributed by atoms with Gasteiger partial charge in [-0.2, -0.15) is 0 Å². The van der Waals surface area contributed by atoms with E-state index in [-0.39, 0.29) is 17.4 Å². The lowest BCUT2D eigenvalue weighted by molar-refractivity contribution is -0.128. The number of aromatic carboxylic acids is 1. The summed E-state index contributed by atoms with van der Waals surface area (Å²) in [5.41, 5.74) is 0.892. The fraction of sp³-hybridized carbons (Fsp3) is 0.353. The highest BCUT2D eigenvalue weighted by atomic mass is 32.1. The molecule has 3 rings (SSSR count). The number of hydrogen-bond donors (Lipinski definition) is 2. The van der Waals surface area contributed by atoms with Crippen molar-refractivity contribution in [2.45, 2.75) is 19.4 Å². The standard InChI is InChI=1S/C17H18N2O4S/c20-16(11-5-7-23-8-6-11)19-10-15-18-9-14(24-15)12-3-1-2-4-13(12)17(21)22/h1-4,9,11H,5-8,10H2,(H,19,20)(H,21,22). The number of carbonyl (C=O) groups is 2. The smallest absolute Gasteiger partial charge is 0.336 e. The molecule has 6 nitrogen and oxygen atoms in total. The molecule has 2 heterocycles. The fourth-order valence-corrected chi connectivity index (χ4v) is 3.56. The molecule has 24 heavy (non-hydrogen) atoms. The third-order valence-electron chi connectivity index (χ3n) is 3.98. The molecule has 1 aliphatic rings. The Morgan fingerprint density at radius 1 is 1.29 bits per heavy atom. The SMILES string of the molecule is O=C(O)c1ccccc1-c1cnc(CNC(=O)C2CCOCC2)s1. The van der Waals surface area contributed by atoms with Gasteiger partial charge in [0.1, 0.15) is 5.01 Å². The predicted molar refractivity (Wildman–Crippen MR) is 89.9 cm³/mol. The highest BCUT2D eigenvalue weighted by Crippen LogP contribution is 2.29. The van der Waals surface area contributed by atoms with Crippen molar-refractivity contribution in [3.63, 3.8) is 0 Å². The summed E-state index contributed by atoms with van der Waals surface area (Å²) in [7, 11) is 0. The fourth-order valence-electron chi connectivity index (χ4n) is 2.67. The summed E-state index contributed by atoms with van der Waals surface area (Å²) in [4.78, 5) is 28.5. The lowest BCUT2D eigenvalue weighted by Gasteiger charge is -2.20. The van der Waals surface area contributed by atoms with E-state index >= 15 is 0 Å². The van der Waals surface area contributed by atoms with E-state index in [1.165, 1.54) is 11.3 Å². The van der Waals surface area contributed by atoms with Crippen molar-refractivity contribution in [2.24, 2.45) is 5.92 Å². The number of carboxylic acids is 1. The Hall–Kier alpha value is -2.25. The van der Waals surface area contributed by atoms with E-state index in [4.69, 9.17) is 4.74 Å². The average Bonchev–Trinajstić information content (AvgIpc) is 3.09. The lowest BCUT2D eigenvalue weighted by Crippen LogP contribution is -2.33. The molecule has 0 aliphatic carbocycles. The molecular weight excluding hydrogens is 328 g/mol. The number of hydrogen-bond acceptors (Lipinski definition) is 5. The first-order chi connectivity index (χ1) is 11.6. The minimum Gasteiger partial charge on any atom is -0.478 e. The molecule has 0 bridgehead atoms. The van der Waals surface area contributed by atoms with Gasteiger partial charge in [-0.25, -0.2) is 9.78 Å². The van der Waals surface area contributed by atoms with E-state index in [0.29, 0.717) is 25.3 Å². The van der Waals surface area contributed by atoms with Crippen molar-refractivity contribution in [1.29, 1.82) is 0 Å². The Morgan fingerprint density at radius 3 is 2.79 bits per heavy atom. The first-order valence-electron chi connectivity index (χ1n) is 7.78. The van der Waals surface area contributed by atoms with Crippen molar-refractivity contribution >= 4 is 23.2 Å². The molecule has 1 amide bonds. The van der Waals surface area contributed by atoms with Gasteiger partial charge in [0.25, 0.3) is 0 Å². The van der Waals surface area contributed by atoms with Crippen LogP contribution in [0.1, 0.15) is 28.2 Å². The largest absolute Gasteiger partial charge is 0.478 e. The topological polar surface area (TPSA) is 88.5 Å². The summed E-state index contributed by atoms with van der Waals surface area (Å²) < 4.78 is 5.26. The van der Waals surface area contributed by atoms with Crippen LogP contribution < -0.4 is 5.32 Å². The van der Waals surface area contributed by atoms with Crippen LogP contribution in [-0.2, 0) is 16.1 Å². The van der Waals surface area contributed by atoms with E-state index in [0.717, 1.165) is 22.7 Å². The number of thiazole rings is 1. The molecule has 0 spiro atoms. The number of ether oxygens (including phenoxy) is 1. The maximum atomic E-state index is 12.1. The summed E-state index contributed by atoms with van der Waals surface area (Å²) >= 11 is 1.39. The maximum absolute atomic E-state index is 12.1. The minimum absolute atomic E-state index is 0.00548. The second-order valence-electron chi connectivity index (χ2n) is 5.57. The average molecular weight is 346 g/mol. The van der Waals surface area contributed by atoms with Crippen LogP contribution in [0.5, 0.6) is 0 Å². The van der Waals surface area contributed by atoms with Gasteiger partial charge < -0.3 is 15.2 Å². The molecular formula is C17H18N2O4S. The van der Waals surface area contributed by atoms with Gasteiger partial charge in [-0.05, 0) is 18.9 Å². The summed E-state index contributed by atoms with van der Waals surface area (Å²) in [6.07, 6.45) is 3.16. The lowest BCUT2D eigenvalue weighted by atomic mass is 9.99. The summed E-state index contributed by atoms with van der Waals surface area (Å²) in [6.45, 7) is 1.62. The molecule has 2 N–H and O–H groups in total. The Labute approximate surface area is 143 Å². The van der Waals surface area contributed by atoms with Crippen molar-refractivity contribution < 1.29 is 19.4 Å². The number of aromatic nitrogens is 1. The highest BCUT2D eigenvalue weighted by molar-refractivity contribution is 7.15. The monoisotopic (exact) mass is 346 g/mol. The van der Waals surface area contributed by atoms with Crippen molar-refractivity contribution in [2.75, 3.05) is 13.2 Å². The Bertz CT molecular complexity index is 738. The number of amides is 1. The molecule has 0 saturated carbocycles. The van der Waals surface area contributed by atoms with E-state index in [1.54, 1.807) is 30.5 Å². The molecule has 1 saturated heterocycles. The first-order valence-corrected chi connectivity index (χ1v) is 8.59. The number of nitrogens with one attached hydrogen (secondary N) is 1. The van der Waals surface area contributed by atoms with E-state index in [1.807, 2.05) is 0 Å². The summed E-state index contributed by atoms with van der Waals surface area (Å²) in [6, 6.07) is 6.84. The van der Waals surface area contributed by atoms with Gasteiger partial charge in [-0.15, -0.1) is 11.3 Å². The number of carboxylic acid groups (broad SMARTS) is 1. The molecule has 0 radical (unpaired) electrons. The molecule has 1 aromatic heterocycles. The molecule has 0 unspecified atom stereocenters. The molecule has 7 heteroatoms. The van der Waals surface area contributed by atoms with Crippen LogP contribution in [0.4, 0.5) is 0 Å². The number of rotatable bonds is 5. The van der Waals surface area contributed by atoms with Crippen LogP contribution in [0.3, 0.4) is 0 Å². The predicted octanol–water partition coefficient (Wildman–Crippen LogP) is 2.55. The number of carbonyl (C=O) groups excluding carboxylic acids is 1. The third-order valence-corrected chi connectivity index (χ3v) is 5.01. The van der Waals surface area contributed by atoms with Crippen molar-refractivity contribution in [3.05, 3.63) is 41.0 Å². The van der Waals surface area contributed by atoms with Crippen LogP contribution in [0.25, 0.3) is 10.4 Å². The normalized spacial score (nSPS) is 15.2. The summed E-state index contributed by atoms with van der Waals surface area (Å²) in [5.74, 6) is -0.930. The van der Waals surface area contributed by atoms with Crippen molar-refractivity contribution in [1.82, 2.24) is 10.3 Å². The van der Waals surface area contributed by atoms with Gasteiger partial charge in [0.05, 0.1) is 17.0 Å². The van der Waals surface area contributed by atoms with Crippen LogP contribution >= 0.6 is 11.3 Å². The van der Waals surface area contributed by atoms with Gasteiger partial charge in [0, 0.05) is 30.9 Å². The van der Waals surface area contributed by atoms with Crippen molar-refractivity contribution in [3.8, 4) is 10.4 Å². The van der Waals surface area contributed by atoms with Crippen LogP contribution in [0.2, 0.25) is 0 Å². The number of benzene rings is 1. The van der Waals surface area contributed by atoms with E-state index < -0.39 is 5.97 Å². The maximum Gasteiger partial charge on any atom is 0.336 e. The zero-order valence-electron chi connectivity index (χ0n) is 13.0. The Balaban J connectivity index is 1.66. The van der Waals surface area contributed by atoms with Crippen LogP contribution in [0.15, 0.2) is 30.5 Å². The Morgan fingerprint density at radius 2 is 2.04 bits per heavy atom. The zero-order chi connectivity index (χ0) is 16.9. The molecule has 1 aliphatic heterocycles. The first kappa shape index (κ1) is 16.6. The van der Waals surface area contributed by atoms with Gasteiger partial charge in [-0.3, -0.25) is 4.79 Å². The number of nitrogens with zero attached hydrogens (tertiary/aromatic N) is 1. The van der Waals surface area contributed by atoms with Gasteiger partial charge in [0.2, 0.25) is 5.91 Å². The molecule has 1 fully saturated rings. The second-order valence-corrected chi connectivity index (χ2v) is 6.69.